The normalized spacial score (nSPS) is 15.8. The third-order valence-corrected chi connectivity index (χ3v) is 4.55. The Hall–Kier alpha value is -1.92. The third kappa shape index (κ3) is 3.45. The molecular weight excluding hydrogens is 296 g/mol. The summed E-state index contributed by atoms with van der Waals surface area (Å²) in [5, 5.41) is 2.89. The number of anilines is 2. The van der Waals surface area contributed by atoms with Gasteiger partial charge in [0.15, 0.2) is 0 Å². The van der Waals surface area contributed by atoms with Crippen molar-refractivity contribution in [2.75, 3.05) is 43.4 Å². The summed E-state index contributed by atoms with van der Waals surface area (Å²) >= 11 is 1.34. The van der Waals surface area contributed by atoms with Crippen LogP contribution in [0.3, 0.4) is 0 Å². The molecule has 22 heavy (non-hydrogen) atoms. The monoisotopic (exact) mass is 316 g/mol. The highest BCUT2D eigenvalue weighted by atomic mass is 32.1. The third-order valence-electron chi connectivity index (χ3n) is 3.85. The highest BCUT2D eigenvalue weighted by Gasteiger charge is 2.14. The van der Waals surface area contributed by atoms with Gasteiger partial charge in [-0.05, 0) is 55.8 Å². The van der Waals surface area contributed by atoms with E-state index in [1.54, 1.807) is 6.07 Å². The minimum atomic E-state index is -0.156. The van der Waals surface area contributed by atoms with Gasteiger partial charge in [0, 0.05) is 42.4 Å². The van der Waals surface area contributed by atoms with Gasteiger partial charge in [-0.25, -0.2) is 0 Å². The SMILES string of the molecule is Cc1cc(C(=O)Nc2ccc(N3CCN(C)CC3)cc2)ns1. The summed E-state index contributed by atoms with van der Waals surface area (Å²) in [7, 11) is 2.15. The second-order valence-corrected chi connectivity index (χ2v) is 6.62. The Morgan fingerprint density at radius 3 is 2.45 bits per heavy atom. The van der Waals surface area contributed by atoms with Crippen molar-refractivity contribution in [3.8, 4) is 0 Å². The first-order valence-corrected chi connectivity index (χ1v) is 8.17. The fourth-order valence-corrected chi connectivity index (χ4v) is 3.03. The quantitative estimate of drug-likeness (QED) is 0.945. The van der Waals surface area contributed by atoms with Crippen LogP contribution in [0, 0.1) is 6.92 Å². The van der Waals surface area contributed by atoms with Crippen molar-refractivity contribution in [2.45, 2.75) is 6.92 Å². The van der Waals surface area contributed by atoms with E-state index >= 15 is 0 Å². The molecule has 0 atom stereocenters. The van der Waals surface area contributed by atoms with Crippen molar-refractivity contribution in [3.05, 3.63) is 40.9 Å². The van der Waals surface area contributed by atoms with Crippen LogP contribution in [0.15, 0.2) is 30.3 Å². The number of aromatic nitrogens is 1. The maximum Gasteiger partial charge on any atom is 0.275 e. The maximum absolute atomic E-state index is 12.1. The van der Waals surface area contributed by atoms with Crippen LogP contribution in [0.2, 0.25) is 0 Å². The highest BCUT2D eigenvalue weighted by Crippen LogP contribution is 2.20. The second-order valence-electron chi connectivity index (χ2n) is 5.61. The van der Waals surface area contributed by atoms with E-state index in [-0.39, 0.29) is 5.91 Å². The molecule has 5 nitrogen and oxygen atoms in total. The van der Waals surface area contributed by atoms with Gasteiger partial charge in [0.2, 0.25) is 0 Å². The molecule has 0 unspecified atom stereocenters. The van der Waals surface area contributed by atoms with E-state index in [4.69, 9.17) is 0 Å². The number of rotatable bonds is 3. The molecular formula is C16H20N4OS. The van der Waals surface area contributed by atoms with Crippen molar-refractivity contribution in [1.29, 1.82) is 0 Å². The molecule has 3 rings (SSSR count). The zero-order valence-corrected chi connectivity index (χ0v) is 13.7. The van der Waals surface area contributed by atoms with E-state index in [0.29, 0.717) is 5.69 Å². The smallest absolute Gasteiger partial charge is 0.275 e. The minimum absolute atomic E-state index is 0.156. The number of likely N-dealkylation sites (N-methyl/N-ethyl adjacent to an activating group) is 1. The average Bonchev–Trinajstić information content (AvgIpc) is 2.96. The Labute approximate surface area is 134 Å². The van der Waals surface area contributed by atoms with Crippen molar-refractivity contribution in [2.24, 2.45) is 0 Å². The number of benzene rings is 1. The zero-order valence-electron chi connectivity index (χ0n) is 12.9. The van der Waals surface area contributed by atoms with E-state index in [9.17, 15) is 4.79 Å². The lowest BCUT2D eigenvalue weighted by atomic mass is 10.2. The Kier molecular flexibility index (Phi) is 4.40. The molecule has 0 spiro atoms. The minimum Gasteiger partial charge on any atom is -0.369 e. The van der Waals surface area contributed by atoms with Crippen LogP contribution in [0.4, 0.5) is 11.4 Å². The lowest BCUT2D eigenvalue weighted by Crippen LogP contribution is -2.44. The standard InChI is InChI=1S/C16H20N4OS/c1-12-11-15(18-22-12)16(21)17-13-3-5-14(6-4-13)20-9-7-19(2)8-10-20/h3-6,11H,7-10H2,1-2H3,(H,17,21). The number of amides is 1. The average molecular weight is 316 g/mol. The zero-order chi connectivity index (χ0) is 15.5. The summed E-state index contributed by atoms with van der Waals surface area (Å²) < 4.78 is 4.13. The molecule has 0 aliphatic carbocycles. The second kappa shape index (κ2) is 6.46. The lowest BCUT2D eigenvalue weighted by molar-refractivity contribution is 0.102. The summed E-state index contributed by atoms with van der Waals surface area (Å²) in [5.41, 5.74) is 2.48. The summed E-state index contributed by atoms with van der Waals surface area (Å²) in [5.74, 6) is -0.156. The topological polar surface area (TPSA) is 48.5 Å². The van der Waals surface area contributed by atoms with Crippen LogP contribution in [0.25, 0.3) is 0 Å². The highest BCUT2D eigenvalue weighted by molar-refractivity contribution is 7.05. The van der Waals surface area contributed by atoms with Gasteiger partial charge in [-0.2, -0.15) is 4.37 Å². The molecule has 2 aromatic rings. The van der Waals surface area contributed by atoms with Crippen LogP contribution in [0.1, 0.15) is 15.4 Å². The molecule has 1 aliphatic heterocycles. The van der Waals surface area contributed by atoms with Crippen molar-refractivity contribution >= 4 is 28.8 Å². The van der Waals surface area contributed by atoms with Gasteiger partial charge < -0.3 is 15.1 Å². The number of carbonyl (C=O) groups excluding carboxylic acids is 1. The fourth-order valence-electron chi connectivity index (χ4n) is 2.49. The van der Waals surface area contributed by atoms with Gasteiger partial charge in [0.05, 0.1) is 0 Å². The summed E-state index contributed by atoms with van der Waals surface area (Å²) in [6.45, 7) is 6.20. The first kappa shape index (κ1) is 15.0. The predicted octanol–water partition coefficient (Wildman–Crippen LogP) is 2.46. The first-order valence-electron chi connectivity index (χ1n) is 7.40. The van der Waals surface area contributed by atoms with Crippen LogP contribution >= 0.6 is 11.5 Å². The Bertz CT molecular complexity index is 644. The Morgan fingerprint density at radius 1 is 1.18 bits per heavy atom. The molecule has 1 aliphatic rings. The Balaban J connectivity index is 1.63. The number of aryl methyl sites for hydroxylation is 1. The molecule has 1 saturated heterocycles. The van der Waals surface area contributed by atoms with E-state index in [1.165, 1.54) is 17.2 Å². The van der Waals surface area contributed by atoms with Crippen LogP contribution in [-0.2, 0) is 0 Å². The first-order chi connectivity index (χ1) is 10.6. The molecule has 1 N–H and O–H groups in total. The van der Waals surface area contributed by atoms with Crippen molar-refractivity contribution in [3.63, 3.8) is 0 Å². The van der Waals surface area contributed by atoms with E-state index < -0.39 is 0 Å². The van der Waals surface area contributed by atoms with Crippen LogP contribution in [-0.4, -0.2) is 48.4 Å². The molecule has 116 valence electrons. The van der Waals surface area contributed by atoms with Crippen molar-refractivity contribution in [1.82, 2.24) is 9.27 Å². The molecule has 1 amide bonds. The Morgan fingerprint density at radius 2 is 1.86 bits per heavy atom. The largest absolute Gasteiger partial charge is 0.369 e. The van der Waals surface area contributed by atoms with E-state index in [1.807, 2.05) is 19.1 Å². The van der Waals surface area contributed by atoms with Gasteiger partial charge >= 0.3 is 0 Å². The number of nitrogens with one attached hydrogen (secondary N) is 1. The van der Waals surface area contributed by atoms with Gasteiger partial charge in [0.1, 0.15) is 5.69 Å². The maximum atomic E-state index is 12.1. The number of piperazine rings is 1. The van der Waals surface area contributed by atoms with E-state index in [2.05, 4.69) is 38.7 Å². The van der Waals surface area contributed by atoms with Gasteiger partial charge in [-0.1, -0.05) is 0 Å². The number of hydrogen-bond donors (Lipinski definition) is 1. The number of carbonyl (C=O) groups is 1. The molecule has 0 radical (unpaired) electrons. The van der Waals surface area contributed by atoms with Crippen LogP contribution in [0.5, 0.6) is 0 Å². The molecule has 1 aromatic heterocycles. The van der Waals surface area contributed by atoms with Crippen LogP contribution < -0.4 is 10.2 Å². The predicted molar refractivity (Wildman–Crippen MR) is 91.0 cm³/mol. The lowest BCUT2D eigenvalue weighted by Gasteiger charge is -2.34. The summed E-state index contributed by atoms with van der Waals surface area (Å²) in [4.78, 5) is 17.8. The molecule has 0 saturated carbocycles. The molecule has 1 fully saturated rings. The summed E-state index contributed by atoms with van der Waals surface area (Å²) in [6.07, 6.45) is 0. The number of nitrogens with zero attached hydrogens (tertiary/aromatic N) is 3. The molecule has 1 aromatic carbocycles. The summed E-state index contributed by atoms with van der Waals surface area (Å²) in [6, 6.07) is 9.83. The molecule has 6 heteroatoms. The molecule has 2 heterocycles. The molecule has 0 bridgehead atoms. The van der Waals surface area contributed by atoms with Gasteiger partial charge in [-0.15, -0.1) is 0 Å². The van der Waals surface area contributed by atoms with Gasteiger partial charge in [-0.3, -0.25) is 4.79 Å². The van der Waals surface area contributed by atoms with Gasteiger partial charge in [0.25, 0.3) is 5.91 Å². The fraction of sp³-hybridized carbons (Fsp3) is 0.375. The number of hydrogen-bond acceptors (Lipinski definition) is 5. The van der Waals surface area contributed by atoms with Crippen molar-refractivity contribution < 1.29 is 4.79 Å². The van der Waals surface area contributed by atoms with E-state index in [0.717, 1.165) is 36.7 Å².